The number of ether oxygens (including phenoxy) is 1. The normalized spacial score (nSPS) is 27.1. The van der Waals surface area contributed by atoms with Crippen LogP contribution in [0.5, 0.6) is 0 Å². The highest BCUT2D eigenvalue weighted by atomic mass is 16.5. The number of aliphatic hydroxyl groups is 1. The van der Waals surface area contributed by atoms with Gasteiger partial charge in [0, 0.05) is 13.0 Å². The largest absolute Gasteiger partial charge is 0.463 e. The van der Waals surface area contributed by atoms with Crippen LogP contribution in [0.15, 0.2) is 42.5 Å². The zero-order chi connectivity index (χ0) is 26.1. The maximum atomic E-state index is 13.5. The summed E-state index contributed by atoms with van der Waals surface area (Å²) in [5.74, 6) is -1.10. The summed E-state index contributed by atoms with van der Waals surface area (Å²) in [5, 5.41) is 12.9. The topological polar surface area (TPSA) is 95.9 Å². The molecule has 0 bridgehead atoms. The van der Waals surface area contributed by atoms with Gasteiger partial charge in [-0.1, -0.05) is 55.3 Å². The number of likely N-dealkylation sites (tertiary alicyclic amines) is 1. The number of carbonyl (C=O) groups is 3. The number of hydrogen-bond donors (Lipinski definition) is 2. The molecule has 2 N–H and O–H groups in total. The van der Waals surface area contributed by atoms with Gasteiger partial charge in [-0.15, -0.1) is 0 Å². The third-order valence-corrected chi connectivity index (χ3v) is 8.31. The number of rotatable bonds is 5. The van der Waals surface area contributed by atoms with Gasteiger partial charge in [0.05, 0.1) is 30.0 Å². The third kappa shape index (κ3) is 7.44. The molecule has 0 radical (unpaired) electrons. The van der Waals surface area contributed by atoms with Crippen molar-refractivity contribution in [3.8, 4) is 0 Å². The Hall–Kier alpha value is -2.67. The Balaban J connectivity index is 1.48. The van der Waals surface area contributed by atoms with E-state index in [2.05, 4.69) is 11.4 Å². The molecule has 2 aliphatic heterocycles. The van der Waals surface area contributed by atoms with E-state index in [1.165, 1.54) is 0 Å². The molecule has 4 rings (SSSR count). The van der Waals surface area contributed by atoms with E-state index in [0.29, 0.717) is 19.4 Å². The van der Waals surface area contributed by atoms with Gasteiger partial charge in [-0.2, -0.15) is 0 Å². The van der Waals surface area contributed by atoms with Crippen LogP contribution in [0, 0.1) is 11.8 Å². The van der Waals surface area contributed by atoms with E-state index < -0.39 is 11.5 Å². The van der Waals surface area contributed by atoms with Gasteiger partial charge in [-0.05, 0) is 63.4 Å². The Kier molecular flexibility index (Phi) is 9.78. The van der Waals surface area contributed by atoms with Crippen LogP contribution in [0.2, 0.25) is 0 Å². The Bertz CT molecular complexity index is 941. The summed E-state index contributed by atoms with van der Waals surface area (Å²) in [5.41, 5.74) is 0.555. The van der Waals surface area contributed by atoms with Crippen molar-refractivity contribution in [1.29, 1.82) is 0 Å². The van der Waals surface area contributed by atoms with Crippen LogP contribution in [0.4, 0.5) is 0 Å². The molecule has 1 aliphatic carbocycles. The highest BCUT2D eigenvalue weighted by molar-refractivity contribution is 5.86. The molecule has 1 aromatic rings. The second kappa shape index (κ2) is 13.2. The van der Waals surface area contributed by atoms with Crippen molar-refractivity contribution in [2.45, 2.75) is 88.6 Å². The number of allylic oxidation sites excluding steroid dienone is 2. The summed E-state index contributed by atoms with van der Waals surface area (Å²) in [4.78, 5) is 41.6. The molecule has 37 heavy (non-hydrogen) atoms. The zero-order valence-electron chi connectivity index (χ0n) is 21.9. The molecular formula is C30H42N2O5. The van der Waals surface area contributed by atoms with Crippen LogP contribution in [0.25, 0.3) is 0 Å². The maximum Gasteiger partial charge on any atom is 0.309 e. The Morgan fingerprint density at radius 2 is 1.81 bits per heavy atom. The number of esters is 1. The molecule has 202 valence electrons. The van der Waals surface area contributed by atoms with E-state index in [1.54, 1.807) is 4.90 Å². The standard InChI is InChI=1S/C30H42N2O5/c33-21-26-15-10-18-32(26)27(34)20-24-13-6-1-2-7-14-25(19-23-11-4-3-5-12-23)29(36)37-22-30(31-28(24)35)16-8-9-17-30/h1,3-6,11-12,24-26,33H,2,7-10,13-22H2,(H,31,35)/t24-,25-,26+/m1/s1. The van der Waals surface area contributed by atoms with Crippen molar-refractivity contribution in [2.75, 3.05) is 19.8 Å². The van der Waals surface area contributed by atoms with Gasteiger partial charge in [0.15, 0.2) is 0 Å². The monoisotopic (exact) mass is 510 g/mol. The lowest BCUT2D eigenvalue weighted by Gasteiger charge is -2.33. The number of amides is 2. The first-order chi connectivity index (χ1) is 18.0. The fraction of sp³-hybridized carbons (Fsp3) is 0.633. The fourth-order valence-corrected chi connectivity index (χ4v) is 6.07. The number of benzene rings is 1. The number of nitrogens with zero attached hydrogens (tertiary/aromatic N) is 1. The lowest BCUT2D eigenvalue weighted by Crippen LogP contribution is -2.53. The average molecular weight is 511 g/mol. The first kappa shape index (κ1) is 27.4. The molecule has 3 atom stereocenters. The predicted molar refractivity (Wildman–Crippen MR) is 141 cm³/mol. The first-order valence-corrected chi connectivity index (χ1v) is 14.1. The number of aliphatic hydroxyl groups excluding tert-OH is 1. The summed E-state index contributed by atoms with van der Waals surface area (Å²) in [7, 11) is 0. The van der Waals surface area contributed by atoms with Crippen molar-refractivity contribution in [1.82, 2.24) is 10.2 Å². The Labute approximate surface area is 220 Å². The van der Waals surface area contributed by atoms with Gasteiger partial charge in [-0.25, -0.2) is 0 Å². The minimum Gasteiger partial charge on any atom is -0.463 e. The van der Waals surface area contributed by atoms with Gasteiger partial charge < -0.3 is 20.1 Å². The average Bonchev–Trinajstić information content (AvgIpc) is 3.58. The summed E-state index contributed by atoms with van der Waals surface area (Å²) < 4.78 is 5.91. The number of cyclic esters (lactones) is 1. The van der Waals surface area contributed by atoms with Crippen molar-refractivity contribution in [3.63, 3.8) is 0 Å². The van der Waals surface area contributed by atoms with Crippen LogP contribution in [-0.2, 0) is 25.5 Å². The van der Waals surface area contributed by atoms with Gasteiger partial charge >= 0.3 is 5.97 Å². The van der Waals surface area contributed by atoms with Gasteiger partial charge in [0.2, 0.25) is 11.8 Å². The van der Waals surface area contributed by atoms with Gasteiger partial charge in [-0.3, -0.25) is 14.4 Å². The van der Waals surface area contributed by atoms with Crippen molar-refractivity contribution < 1.29 is 24.2 Å². The highest BCUT2D eigenvalue weighted by Crippen LogP contribution is 2.32. The third-order valence-electron chi connectivity index (χ3n) is 8.31. The highest BCUT2D eigenvalue weighted by Gasteiger charge is 2.40. The molecule has 2 heterocycles. The second-order valence-corrected chi connectivity index (χ2v) is 11.1. The van der Waals surface area contributed by atoms with E-state index in [-0.39, 0.29) is 49.4 Å². The van der Waals surface area contributed by atoms with E-state index in [9.17, 15) is 19.5 Å². The lowest BCUT2D eigenvalue weighted by molar-refractivity contribution is -0.152. The van der Waals surface area contributed by atoms with Crippen molar-refractivity contribution in [3.05, 3.63) is 48.0 Å². The van der Waals surface area contributed by atoms with E-state index in [0.717, 1.165) is 63.4 Å². The summed E-state index contributed by atoms with van der Waals surface area (Å²) in [6.07, 6.45) is 12.9. The van der Waals surface area contributed by atoms with E-state index in [4.69, 9.17) is 4.74 Å². The number of nitrogens with one attached hydrogen (secondary N) is 1. The predicted octanol–water partition coefficient (Wildman–Crippen LogP) is 3.94. The van der Waals surface area contributed by atoms with Gasteiger partial charge in [0.1, 0.15) is 6.61 Å². The number of hydrogen-bond acceptors (Lipinski definition) is 5. The minimum absolute atomic E-state index is 0.0394. The Morgan fingerprint density at radius 1 is 1.03 bits per heavy atom. The molecule has 2 amide bonds. The summed E-state index contributed by atoms with van der Waals surface area (Å²) in [6.45, 7) is 0.776. The Morgan fingerprint density at radius 3 is 2.57 bits per heavy atom. The van der Waals surface area contributed by atoms with Crippen LogP contribution in [0.3, 0.4) is 0 Å². The van der Waals surface area contributed by atoms with Gasteiger partial charge in [0.25, 0.3) is 0 Å². The molecule has 1 spiro atoms. The van der Waals surface area contributed by atoms with E-state index in [1.807, 2.05) is 36.4 Å². The second-order valence-electron chi connectivity index (χ2n) is 11.1. The summed E-state index contributed by atoms with van der Waals surface area (Å²) in [6, 6.07) is 9.90. The molecule has 7 heteroatoms. The lowest BCUT2D eigenvalue weighted by atomic mass is 9.92. The van der Waals surface area contributed by atoms with Crippen LogP contribution < -0.4 is 5.32 Å². The first-order valence-electron chi connectivity index (χ1n) is 14.1. The molecule has 2 fully saturated rings. The van der Waals surface area contributed by atoms with Crippen molar-refractivity contribution in [2.24, 2.45) is 11.8 Å². The SMILES string of the molecule is O=C1NC2(CCCC2)COC(=O)[C@@H](Cc2ccccc2)CCCC=CC[C@@H]1CC(=O)N1CCC[C@H]1CO. The molecule has 3 aliphatic rings. The van der Waals surface area contributed by atoms with Crippen LogP contribution in [-0.4, -0.2) is 59.1 Å². The van der Waals surface area contributed by atoms with Crippen LogP contribution in [0.1, 0.15) is 76.2 Å². The summed E-state index contributed by atoms with van der Waals surface area (Å²) >= 11 is 0. The molecule has 1 saturated heterocycles. The maximum absolute atomic E-state index is 13.5. The van der Waals surface area contributed by atoms with Crippen molar-refractivity contribution >= 4 is 17.8 Å². The van der Waals surface area contributed by atoms with Crippen LogP contribution >= 0.6 is 0 Å². The molecule has 0 aromatic heterocycles. The zero-order valence-corrected chi connectivity index (χ0v) is 21.9. The molecular weight excluding hydrogens is 468 g/mol. The fourth-order valence-electron chi connectivity index (χ4n) is 6.07. The molecule has 7 nitrogen and oxygen atoms in total. The molecule has 0 unspecified atom stereocenters. The number of carbonyl (C=O) groups excluding carboxylic acids is 3. The smallest absolute Gasteiger partial charge is 0.309 e. The minimum atomic E-state index is -0.569. The molecule has 1 saturated carbocycles. The molecule has 1 aromatic carbocycles. The van der Waals surface area contributed by atoms with E-state index >= 15 is 0 Å². The quantitative estimate of drug-likeness (QED) is 0.462.